The monoisotopic (exact) mass is 343 g/mol. The van der Waals surface area contributed by atoms with E-state index in [1.54, 1.807) is 48.5 Å². The number of hydrogen-bond acceptors (Lipinski definition) is 3. The number of Topliss-reactive ketones (excluding diaryl/α,β-unsaturated/α-hetero) is 1. The van der Waals surface area contributed by atoms with Gasteiger partial charge in [-0.1, -0.05) is 41.9 Å². The molecule has 122 valence electrons. The molecule has 0 spiro atoms. The number of amides is 3. The number of urea groups is 1. The molecule has 6 nitrogen and oxygen atoms in total. The molecule has 1 unspecified atom stereocenters. The number of benzene rings is 2. The summed E-state index contributed by atoms with van der Waals surface area (Å²) in [6.07, 6.45) is -0.112. The van der Waals surface area contributed by atoms with E-state index >= 15 is 0 Å². The number of halogens is 1. The average molecular weight is 344 g/mol. The minimum Gasteiger partial charge on any atom is -0.331 e. The summed E-state index contributed by atoms with van der Waals surface area (Å²) in [5.74, 6) is -1.27. The van der Waals surface area contributed by atoms with Gasteiger partial charge in [-0.05, 0) is 23.8 Å². The predicted molar refractivity (Wildman–Crippen MR) is 91.0 cm³/mol. The van der Waals surface area contributed by atoms with Gasteiger partial charge in [0.05, 0.1) is 16.8 Å². The summed E-state index contributed by atoms with van der Waals surface area (Å²) in [6.45, 7) is 0. The minimum atomic E-state index is -0.682. The fourth-order valence-electron chi connectivity index (χ4n) is 2.50. The van der Waals surface area contributed by atoms with Gasteiger partial charge in [0.25, 0.3) is 5.91 Å². The smallest absolute Gasteiger partial charge is 0.319 e. The molecular formula is C17H14ClN3O3. The molecule has 1 heterocycles. The molecule has 24 heavy (non-hydrogen) atoms. The van der Waals surface area contributed by atoms with Gasteiger partial charge in [-0.15, -0.1) is 0 Å². The van der Waals surface area contributed by atoms with Gasteiger partial charge in [-0.25, -0.2) is 4.79 Å². The van der Waals surface area contributed by atoms with Crippen LogP contribution < -0.4 is 16.0 Å². The molecule has 3 rings (SSSR count). The number of anilines is 2. The van der Waals surface area contributed by atoms with Crippen LogP contribution in [-0.4, -0.2) is 17.7 Å². The Bertz CT molecular complexity index is 822. The fraction of sp³-hybridized carbons (Fsp3) is 0.118. The van der Waals surface area contributed by atoms with Crippen molar-refractivity contribution >= 4 is 40.7 Å². The van der Waals surface area contributed by atoms with Crippen molar-refractivity contribution in [2.75, 3.05) is 10.6 Å². The summed E-state index contributed by atoms with van der Waals surface area (Å²) in [6, 6.07) is 12.7. The van der Waals surface area contributed by atoms with Gasteiger partial charge in [0.2, 0.25) is 5.78 Å². The number of ketones is 1. The van der Waals surface area contributed by atoms with Crippen LogP contribution in [0.4, 0.5) is 16.2 Å². The zero-order valence-corrected chi connectivity index (χ0v) is 13.3. The van der Waals surface area contributed by atoms with Crippen LogP contribution in [0.2, 0.25) is 5.02 Å². The molecule has 3 N–H and O–H groups in total. The highest BCUT2D eigenvalue weighted by molar-refractivity contribution is 6.41. The number of rotatable bonds is 2. The highest BCUT2D eigenvalue weighted by Gasteiger charge is 2.29. The first-order chi connectivity index (χ1) is 11.5. The maximum absolute atomic E-state index is 12.2. The van der Waals surface area contributed by atoms with E-state index in [1.165, 1.54) is 0 Å². The zero-order chi connectivity index (χ0) is 17.1. The Hall–Kier alpha value is -2.86. The Balaban J connectivity index is 1.81. The molecule has 2 aromatic rings. The summed E-state index contributed by atoms with van der Waals surface area (Å²) < 4.78 is 0. The van der Waals surface area contributed by atoms with Crippen LogP contribution in [0.1, 0.15) is 18.0 Å². The average Bonchev–Trinajstić information content (AvgIpc) is 2.67. The molecule has 7 heteroatoms. The molecular weight excluding hydrogens is 330 g/mol. The molecule has 1 atom stereocenters. The van der Waals surface area contributed by atoms with Gasteiger partial charge in [0, 0.05) is 12.1 Å². The first-order valence-electron chi connectivity index (χ1n) is 7.30. The zero-order valence-electron chi connectivity index (χ0n) is 12.5. The van der Waals surface area contributed by atoms with E-state index in [0.717, 1.165) is 0 Å². The second-order valence-corrected chi connectivity index (χ2v) is 5.71. The summed E-state index contributed by atoms with van der Waals surface area (Å²) in [5.41, 5.74) is 1.64. The topological polar surface area (TPSA) is 87.3 Å². The highest BCUT2D eigenvalue weighted by atomic mass is 35.5. The van der Waals surface area contributed by atoms with Crippen molar-refractivity contribution in [3.05, 3.63) is 59.1 Å². The maximum atomic E-state index is 12.2. The predicted octanol–water partition coefficient (Wildman–Crippen LogP) is 3.11. The first kappa shape index (κ1) is 16.0. The van der Waals surface area contributed by atoms with E-state index in [0.29, 0.717) is 22.0 Å². The number of carbonyl (C=O) groups is 3. The van der Waals surface area contributed by atoms with E-state index in [-0.39, 0.29) is 6.42 Å². The van der Waals surface area contributed by atoms with Crippen LogP contribution in [0.3, 0.4) is 0 Å². The second-order valence-electron chi connectivity index (χ2n) is 5.30. The lowest BCUT2D eigenvalue weighted by molar-refractivity contribution is -0.134. The van der Waals surface area contributed by atoms with Crippen LogP contribution >= 0.6 is 11.6 Å². The Morgan fingerprint density at radius 1 is 1.08 bits per heavy atom. The number of para-hydroxylation sites is 2. The molecule has 0 fully saturated rings. The summed E-state index contributed by atoms with van der Waals surface area (Å²) in [5, 5.41) is 8.31. The van der Waals surface area contributed by atoms with Crippen molar-refractivity contribution in [3.8, 4) is 0 Å². The fourth-order valence-corrected chi connectivity index (χ4v) is 2.69. The Morgan fingerprint density at radius 2 is 1.79 bits per heavy atom. The molecule has 0 saturated carbocycles. The van der Waals surface area contributed by atoms with Crippen LogP contribution in [0.25, 0.3) is 0 Å². The third-order valence-corrected chi connectivity index (χ3v) is 3.98. The lowest BCUT2D eigenvalue weighted by Gasteiger charge is -2.18. The van der Waals surface area contributed by atoms with Crippen molar-refractivity contribution in [1.82, 2.24) is 5.32 Å². The van der Waals surface area contributed by atoms with Gasteiger partial charge in [0.1, 0.15) is 0 Å². The van der Waals surface area contributed by atoms with Crippen LogP contribution in [-0.2, 0) is 9.59 Å². The maximum Gasteiger partial charge on any atom is 0.319 e. The first-order valence-corrected chi connectivity index (χ1v) is 7.67. The van der Waals surface area contributed by atoms with E-state index < -0.39 is 23.8 Å². The van der Waals surface area contributed by atoms with Crippen molar-refractivity contribution < 1.29 is 14.4 Å². The Morgan fingerprint density at radius 3 is 2.58 bits per heavy atom. The molecule has 0 aliphatic carbocycles. The standard InChI is InChI=1S/C17H14ClN3O3/c18-11-6-2-4-8-13(11)20-17(24)21-14-9-15(22)16(23)19-12-7-3-1-5-10(12)14/h1-8,14H,9H2,(H,19,23)(H2,20,21,24). The lowest BCUT2D eigenvalue weighted by Crippen LogP contribution is -2.34. The molecule has 3 amide bonds. The normalized spacial score (nSPS) is 16.6. The lowest BCUT2D eigenvalue weighted by atomic mass is 10.0. The van der Waals surface area contributed by atoms with Crippen molar-refractivity contribution in [2.24, 2.45) is 0 Å². The molecule has 0 bridgehead atoms. The second kappa shape index (κ2) is 6.72. The summed E-state index contributed by atoms with van der Waals surface area (Å²) in [4.78, 5) is 35.9. The number of fused-ring (bicyclic) bond motifs is 1. The van der Waals surface area contributed by atoms with Gasteiger partial charge in [-0.3, -0.25) is 9.59 Å². The number of hydrogen-bond donors (Lipinski definition) is 3. The van der Waals surface area contributed by atoms with E-state index in [1.807, 2.05) is 0 Å². The van der Waals surface area contributed by atoms with Crippen molar-refractivity contribution in [3.63, 3.8) is 0 Å². The van der Waals surface area contributed by atoms with E-state index in [4.69, 9.17) is 11.6 Å². The van der Waals surface area contributed by atoms with Crippen molar-refractivity contribution in [1.29, 1.82) is 0 Å². The SMILES string of the molecule is O=C(Nc1ccccc1Cl)NC1CC(=O)C(=O)Nc2ccccc21. The van der Waals surface area contributed by atoms with Crippen molar-refractivity contribution in [2.45, 2.75) is 12.5 Å². The summed E-state index contributed by atoms with van der Waals surface area (Å²) >= 11 is 6.01. The van der Waals surface area contributed by atoms with Gasteiger partial charge in [0.15, 0.2) is 0 Å². The molecule has 0 radical (unpaired) electrons. The molecule has 2 aromatic carbocycles. The van der Waals surface area contributed by atoms with E-state index in [9.17, 15) is 14.4 Å². The molecule has 0 saturated heterocycles. The third kappa shape index (κ3) is 3.38. The quantitative estimate of drug-likeness (QED) is 0.732. The molecule has 0 aromatic heterocycles. The number of carbonyl (C=O) groups excluding carboxylic acids is 3. The highest BCUT2D eigenvalue weighted by Crippen LogP contribution is 2.29. The summed E-state index contributed by atoms with van der Waals surface area (Å²) in [7, 11) is 0. The number of nitrogens with one attached hydrogen (secondary N) is 3. The minimum absolute atomic E-state index is 0.112. The third-order valence-electron chi connectivity index (χ3n) is 3.65. The van der Waals surface area contributed by atoms with Crippen LogP contribution in [0.15, 0.2) is 48.5 Å². The van der Waals surface area contributed by atoms with Crippen LogP contribution in [0, 0.1) is 0 Å². The van der Waals surface area contributed by atoms with Gasteiger partial charge < -0.3 is 16.0 Å². The van der Waals surface area contributed by atoms with Gasteiger partial charge >= 0.3 is 6.03 Å². The van der Waals surface area contributed by atoms with Gasteiger partial charge in [-0.2, -0.15) is 0 Å². The largest absolute Gasteiger partial charge is 0.331 e. The molecule has 1 aliphatic heterocycles. The molecule has 1 aliphatic rings. The Kier molecular flexibility index (Phi) is 4.48. The van der Waals surface area contributed by atoms with E-state index in [2.05, 4.69) is 16.0 Å². The Labute approximate surface area is 143 Å². The van der Waals surface area contributed by atoms with Crippen LogP contribution in [0.5, 0.6) is 0 Å².